The first kappa shape index (κ1) is 19.3. The van der Waals surface area contributed by atoms with E-state index in [1.54, 1.807) is 0 Å². The van der Waals surface area contributed by atoms with E-state index in [2.05, 4.69) is 56.1 Å². The summed E-state index contributed by atoms with van der Waals surface area (Å²) in [5, 5.41) is 1.23. The van der Waals surface area contributed by atoms with Gasteiger partial charge in [-0.2, -0.15) is 0 Å². The molecule has 0 atom stereocenters. The van der Waals surface area contributed by atoms with Crippen LogP contribution in [0.15, 0.2) is 36.5 Å². The number of rotatable bonds is 5. The Bertz CT molecular complexity index is 1170. The zero-order valence-electron chi connectivity index (χ0n) is 17.9. The van der Waals surface area contributed by atoms with Crippen LogP contribution in [0.25, 0.3) is 33.3 Å². The highest BCUT2D eigenvalue weighted by molar-refractivity contribution is 5.94. The molecule has 1 aliphatic carbocycles. The molecule has 0 unspecified atom stereocenters. The van der Waals surface area contributed by atoms with E-state index in [4.69, 9.17) is 4.74 Å². The van der Waals surface area contributed by atoms with E-state index in [0.29, 0.717) is 12.1 Å². The lowest BCUT2D eigenvalue weighted by Crippen LogP contribution is -2.36. The van der Waals surface area contributed by atoms with Gasteiger partial charge in [-0.05, 0) is 69.5 Å². The Hall–Kier alpha value is -2.70. The van der Waals surface area contributed by atoms with Gasteiger partial charge >= 0.3 is 0 Å². The second-order valence-electron chi connectivity index (χ2n) is 8.56. The standard InChI is InChI=1S/C24H29N5O/c1-15-26-23-20(10-11-25-24(23)27-15)22-13-17-12-16(4-9-21(17)28-22)14-29(2)18-5-7-19(30-3)8-6-18/h4,9-13,18-19,28H,5-8,14H2,1-3H3,(H,25,26,27)/t18-,19-. The van der Waals surface area contributed by atoms with Gasteiger partial charge < -0.3 is 14.7 Å². The highest BCUT2D eigenvalue weighted by atomic mass is 16.5. The quantitative estimate of drug-likeness (QED) is 0.502. The number of nitrogens with zero attached hydrogens (tertiary/aromatic N) is 3. The fourth-order valence-corrected chi connectivity index (χ4v) is 4.81. The Balaban J connectivity index is 1.38. The molecule has 5 rings (SSSR count). The molecule has 3 heterocycles. The van der Waals surface area contributed by atoms with Gasteiger partial charge in [-0.1, -0.05) is 6.07 Å². The molecule has 0 radical (unpaired) electrons. The number of imidazole rings is 1. The molecule has 0 aliphatic heterocycles. The summed E-state index contributed by atoms with van der Waals surface area (Å²) in [6.45, 7) is 2.93. The average Bonchev–Trinajstić information content (AvgIpc) is 3.35. The number of ether oxygens (including phenoxy) is 1. The van der Waals surface area contributed by atoms with Crippen molar-refractivity contribution < 1.29 is 4.74 Å². The Kier molecular flexibility index (Phi) is 5.05. The van der Waals surface area contributed by atoms with Crippen molar-refractivity contribution in [3.05, 3.63) is 47.9 Å². The van der Waals surface area contributed by atoms with Gasteiger partial charge in [-0.15, -0.1) is 0 Å². The topological polar surface area (TPSA) is 69.8 Å². The zero-order chi connectivity index (χ0) is 20.7. The highest BCUT2D eigenvalue weighted by Gasteiger charge is 2.23. The summed E-state index contributed by atoms with van der Waals surface area (Å²) in [5.41, 5.74) is 6.39. The molecular weight excluding hydrogens is 374 g/mol. The number of aryl methyl sites for hydroxylation is 1. The van der Waals surface area contributed by atoms with Crippen LogP contribution in [0.2, 0.25) is 0 Å². The van der Waals surface area contributed by atoms with Crippen LogP contribution in [0, 0.1) is 6.92 Å². The molecule has 0 amide bonds. The molecule has 6 nitrogen and oxygen atoms in total. The molecule has 3 aromatic heterocycles. The van der Waals surface area contributed by atoms with Crippen LogP contribution in [-0.4, -0.2) is 51.1 Å². The molecule has 0 saturated heterocycles. The predicted molar refractivity (Wildman–Crippen MR) is 120 cm³/mol. The first-order chi connectivity index (χ1) is 14.6. The van der Waals surface area contributed by atoms with Crippen molar-refractivity contribution >= 4 is 22.1 Å². The third kappa shape index (κ3) is 3.61. The fraction of sp³-hybridized carbons (Fsp3) is 0.417. The molecule has 1 saturated carbocycles. The number of aromatic amines is 2. The van der Waals surface area contributed by atoms with Gasteiger partial charge in [0.15, 0.2) is 5.65 Å². The molecule has 1 aliphatic rings. The summed E-state index contributed by atoms with van der Waals surface area (Å²) in [4.78, 5) is 18.3. The van der Waals surface area contributed by atoms with Crippen LogP contribution in [0.4, 0.5) is 0 Å². The van der Waals surface area contributed by atoms with E-state index in [9.17, 15) is 0 Å². The van der Waals surface area contributed by atoms with Crippen LogP contribution in [-0.2, 0) is 11.3 Å². The number of pyridine rings is 1. The van der Waals surface area contributed by atoms with Crippen LogP contribution in [0.1, 0.15) is 37.1 Å². The van der Waals surface area contributed by atoms with Gasteiger partial charge in [0, 0.05) is 48.1 Å². The number of hydrogen-bond donors (Lipinski definition) is 2. The number of fused-ring (bicyclic) bond motifs is 2. The van der Waals surface area contributed by atoms with E-state index < -0.39 is 0 Å². The minimum absolute atomic E-state index is 0.447. The minimum atomic E-state index is 0.447. The lowest BCUT2D eigenvalue weighted by molar-refractivity contribution is 0.0427. The lowest BCUT2D eigenvalue weighted by Gasteiger charge is -2.34. The van der Waals surface area contributed by atoms with Gasteiger partial charge in [0.1, 0.15) is 11.3 Å². The van der Waals surface area contributed by atoms with Gasteiger partial charge in [0.05, 0.1) is 6.10 Å². The Morgan fingerprint density at radius 3 is 2.73 bits per heavy atom. The summed E-state index contributed by atoms with van der Waals surface area (Å²) in [7, 11) is 4.08. The molecule has 0 spiro atoms. The van der Waals surface area contributed by atoms with Crippen molar-refractivity contribution in [1.29, 1.82) is 0 Å². The molecule has 30 heavy (non-hydrogen) atoms. The van der Waals surface area contributed by atoms with E-state index in [-0.39, 0.29) is 0 Å². The Morgan fingerprint density at radius 1 is 1.10 bits per heavy atom. The van der Waals surface area contributed by atoms with Gasteiger partial charge in [-0.3, -0.25) is 4.90 Å². The van der Waals surface area contributed by atoms with Gasteiger partial charge in [-0.25, -0.2) is 9.97 Å². The minimum Gasteiger partial charge on any atom is -0.381 e. The maximum atomic E-state index is 5.52. The number of methoxy groups -OCH3 is 1. The third-order valence-electron chi connectivity index (χ3n) is 6.51. The Morgan fingerprint density at radius 2 is 1.93 bits per heavy atom. The molecule has 2 N–H and O–H groups in total. The molecule has 4 aromatic rings. The molecule has 1 aromatic carbocycles. The number of nitrogens with one attached hydrogen (secondary N) is 2. The molecule has 1 fully saturated rings. The first-order valence-electron chi connectivity index (χ1n) is 10.8. The van der Waals surface area contributed by atoms with Crippen LogP contribution >= 0.6 is 0 Å². The van der Waals surface area contributed by atoms with E-state index in [1.165, 1.54) is 36.6 Å². The number of H-pyrrole nitrogens is 2. The van der Waals surface area contributed by atoms with Crippen molar-refractivity contribution in [2.45, 2.75) is 51.3 Å². The average molecular weight is 404 g/mol. The molecule has 156 valence electrons. The maximum absolute atomic E-state index is 5.52. The van der Waals surface area contributed by atoms with Crippen LogP contribution < -0.4 is 0 Å². The smallest absolute Gasteiger partial charge is 0.158 e. The second kappa shape index (κ2) is 7.85. The lowest BCUT2D eigenvalue weighted by atomic mass is 9.92. The second-order valence-corrected chi connectivity index (χ2v) is 8.56. The van der Waals surface area contributed by atoms with Crippen molar-refractivity contribution in [2.24, 2.45) is 0 Å². The number of aromatic nitrogens is 4. The number of hydrogen-bond acceptors (Lipinski definition) is 4. The van der Waals surface area contributed by atoms with Crippen molar-refractivity contribution in [1.82, 2.24) is 24.8 Å². The summed E-state index contributed by atoms with van der Waals surface area (Å²) < 4.78 is 5.52. The van der Waals surface area contributed by atoms with Crippen molar-refractivity contribution in [2.75, 3.05) is 14.2 Å². The summed E-state index contributed by atoms with van der Waals surface area (Å²) in [6, 6.07) is 11.6. The van der Waals surface area contributed by atoms with Crippen LogP contribution in [0.5, 0.6) is 0 Å². The number of benzene rings is 1. The maximum Gasteiger partial charge on any atom is 0.158 e. The molecule has 0 bridgehead atoms. The molecule has 6 heteroatoms. The largest absolute Gasteiger partial charge is 0.381 e. The first-order valence-corrected chi connectivity index (χ1v) is 10.8. The zero-order valence-corrected chi connectivity index (χ0v) is 17.9. The van der Waals surface area contributed by atoms with Crippen molar-refractivity contribution in [3.63, 3.8) is 0 Å². The van der Waals surface area contributed by atoms with E-state index in [0.717, 1.165) is 40.3 Å². The SMILES string of the molecule is CO[C@H]1CC[C@H](N(C)Cc2ccc3[nH]c(-c4ccnc5[nH]c(C)nc45)cc3c2)CC1. The summed E-state index contributed by atoms with van der Waals surface area (Å²) in [5.74, 6) is 0.880. The van der Waals surface area contributed by atoms with Crippen LogP contribution in [0.3, 0.4) is 0 Å². The van der Waals surface area contributed by atoms with Crippen molar-refractivity contribution in [3.8, 4) is 11.3 Å². The van der Waals surface area contributed by atoms with Gasteiger partial charge in [0.2, 0.25) is 0 Å². The normalized spacial score (nSPS) is 19.9. The molecular formula is C24H29N5O. The Labute approximate surface area is 176 Å². The summed E-state index contributed by atoms with van der Waals surface area (Å²) in [6.07, 6.45) is 7.04. The monoisotopic (exact) mass is 403 g/mol. The van der Waals surface area contributed by atoms with E-state index in [1.807, 2.05) is 26.3 Å². The summed E-state index contributed by atoms with van der Waals surface area (Å²) >= 11 is 0. The van der Waals surface area contributed by atoms with E-state index >= 15 is 0 Å². The van der Waals surface area contributed by atoms with Gasteiger partial charge in [0.25, 0.3) is 0 Å². The third-order valence-corrected chi connectivity index (χ3v) is 6.51. The fourth-order valence-electron chi connectivity index (χ4n) is 4.81. The highest BCUT2D eigenvalue weighted by Crippen LogP contribution is 2.30. The predicted octanol–water partition coefficient (Wildman–Crippen LogP) is 4.80.